The van der Waals surface area contributed by atoms with Gasteiger partial charge >= 0.3 is 0 Å². The van der Waals surface area contributed by atoms with E-state index in [0.717, 1.165) is 44.2 Å². The minimum Gasteiger partial charge on any atom is -0.492 e. The molecule has 0 aliphatic carbocycles. The summed E-state index contributed by atoms with van der Waals surface area (Å²) in [5.41, 5.74) is 6.36. The van der Waals surface area contributed by atoms with E-state index in [-0.39, 0.29) is 5.82 Å². The van der Waals surface area contributed by atoms with E-state index in [1.54, 1.807) is 6.07 Å². The molecule has 1 aromatic carbocycles. The third-order valence-corrected chi connectivity index (χ3v) is 3.20. The first-order chi connectivity index (χ1) is 9.29. The number of rotatable bonds is 6. The zero-order chi connectivity index (χ0) is 13.5. The fraction of sp³-hybridized carbons (Fsp3) is 0.571. The molecule has 1 heterocycles. The third-order valence-electron chi connectivity index (χ3n) is 3.20. The summed E-state index contributed by atoms with van der Waals surface area (Å²) in [5, 5.41) is 0. The number of hydrogen-bond acceptors (Lipinski definition) is 4. The molecule has 0 radical (unpaired) electrons. The van der Waals surface area contributed by atoms with E-state index in [1.165, 1.54) is 12.1 Å². The van der Waals surface area contributed by atoms with Crippen LogP contribution in [-0.2, 0) is 11.2 Å². The van der Waals surface area contributed by atoms with Gasteiger partial charge in [-0.15, -0.1) is 0 Å². The Labute approximate surface area is 113 Å². The number of hydrogen-bond donors (Lipinski definition) is 1. The molecule has 1 aromatic rings. The third kappa shape index (κ3) is 4.45. The molecule has 5 heteroatoms. The van der Waals surface area contributed by atoms with Gasteiger partial charge < -0.3 is 15.2 Å². The Morgan fingerprint density at radius 3 is 2.84 bits per heavy atom. The van der Waals surface area contributed by atoms with Crippen molar-refractivity contribution in [2.75, 3.05) is 46.0 Å². The minimum atomic E-state index is -0.246. The van der Waals surface area contributed by atoms with Crippen molar-refractivity contribution in [3.8, 4) is 5.75 Å². The molecule has 0 atom stereocenters. The molecule has 0 saturated carbocycles. The molecule has 0 spiro atoms. The monoisotopic (exact) mass is 268 g/mol. The molecule has 0 aromatic heterocycles. The summed E-state index contributed by atoms with van der Waals surface area (Å²) in [6.45, 7) is 5.42. The second-order valence-corrected chi connectivity index (χ2v) is 4.59. The molecule has 2 N–H and O–H groups in total. The fourth-order valence-electron chi connectivity index (χ4n) is 2.15. The minimum absolute atomic E-state index is 0.246. The molecule has 1 fully saturated rings. The largest absolute Gasteiger partial charge is 0.492 e. The van der Waals surface area contributed by atoms with Gasteiger partial charge in [0.2, 0.25) is 0 Å². The number of nitrogens with two attached hydrogens (primary N) is 1. The highest BCUT2D eigenvalue weighted by Crippen LogP contribution is 2.20. The first kappa shape index (κ1) is 14.2. The maximum Gasteiger partial charge on any atom is 0.123 e. The standard InChI is InChI=1S/C14H21FN2O2/c15-13-1-2-14(12(11-13)3-4-16)19-10-7-17-5-8-18-9-6-17/h1-2,11H,3-10,16H2. The lowest BCUT2D eigenvalue weighted by atomic mass is 10.1. The van der Waals surface area contributed by atoms with Gasteiger partial charge in [0, 0.05) is 19.6 Å². The highest BCUT2D eigenvalue weighted by atomic mass is 19.1. The van der Waals surface area contributed by atoms with Crippen LogP contribution in [0.5, 0.6) is 5.75 Å². The van der Waals surface area contributed by atoms with Crippen molar-refractivity contribution in [2.45, 2.75) is 6.42 Å². The summed E-state index contributed by atoms with van der Waals surface area (Å²) < 4.78 is 24.2. The summed E-state index contributed by atoms with van der Waals surface area (Å²) in [5.74, 6) is 0.490. The Hall–Kier alpha value is -1.17. The first-order valence-electron chi connectivity index (χ1n) is 6.71. The Morgan fingerprint density at radius 1 is 1.32 bits per heavy atom. The molecule has 1 aliphatic rings. The van der Waals surface area contributed by atoms with Crippen molar-refractivity contribution in [3.05, 3.63) is 29.6 Å². The number of morpholine rings is 1. The average Bonchev–Trinajstić information content (AvgIpc) is 2.43. The van der Waals surface area contributed by atoms with Crippen LogP contribution in [0.4, 0.5) is 4.39 Å². The fourth-order valence-corrected chi connectivity index (χ4v) is 2.15. The van der Waals surface area contributed by atoms with Crippen LogP contribution >= 0.6 is 0 Å². The van der Waals surface area contributed by atoms with Crippen molar-refractivity contribution >= 4 is 0 Å². The van der Waals surface area contributed by atoms with Gasteiger partial charge in [0.15, 0.2) is 0 Å². The van der Waals surface area contributed by atoms with Gasteiger partial charge in [0.05, 0.1) is 13.2 Å². The van der Waals surface area contributed by atoms with E-state index in [4.69, 9.17) is 15.2 Å². The van der Waals surface area contributed by atoms with E-state index < -0.39 is 0 Å². The molecule has 1 saturated heterocycles. The highest BCUT2D eigenvalue weighted by molar-refractivity contribution is 5.34. The Kier molecular flexibility index (Phi) is 5.57. The Bertz CT molecular complexity index is 395. The average molecular weight is 268 g/mol. The zero-order valence-electron chi connectivity index (χ0n) is 11.1. The van der Waals surface area contributed by atoms with Gasteiger partial charge in [-0.1, -0.05) is 0 Å². The number of ether oxygens (including phenoxy) is 2. The maximum atomic E-state index is 13.2. The lowest BCUT2D eigenvalue weighted by Gasteiger charge is -2.26. The molecular formula is C14H21FN2O2. The second-order valence-electron chi connectivity index (χ2n) is 4.59. The quantitative estimate of drug-likeness (QED) is 0.837. The number of benzene rings is 1. The normalized spacial score (nSPS) is 16.5. The van der Waals surface area contributed by atoms with Crippen LogP contribution in [0.15, 0.2) is 18.2 Å². The van der Waals surface area contributed by atoms with Gasteiger partial charge in [0.1, 0.15) is 18.2 Å². The molecule has 4 nitrogen and oxygen atoms in total. The molecule has 0 unspecified atom stereocenters. The SMILES string of the molecule is NCCc1cc(F)ccc1OCCN1CCOCC1. The molecule has 2 rings (SSSR count). The lowest BCUT2D eigenvalue weighted by molar-refractivity contribution is 0.0322. The van der Waals surface area contributed by atoms with Crippen LogP contribution in [0.3, 0.4) is 0 Å². The predicted molar refractivity (Wildman–Crippen MR) is 71.9 cm³/mol. The molecule has 106 valence electrons. The van der Waals surface area contributed by atoms with Crippen LogP contribution in [0.1, 0.15) is 5.56 Å². The molecular weight excluding hydrogens is 247 g/mol. The van der Waals surface area contributed by atoms with Crippen molar-refractivity contribution in [1.29, 1.82) is 0 Å². The molecule has 19 heavy (non-hydrogen) atoms. The van der Waals surface area contributed by atoms with Crippen molar-refractivity contribution in [2.24, 2.45) is 5.73 Å². The van der Waals surface area contributed by atoms with Gasteiger partial charge in [-0.05, 0) is 36.7 Å². The van der Waals surface area contributed by atoms with Crippen LogP contribution in [0.25, 0.3) is 0 Å². The summed E-state index contributed by atoms with van der Waals surface area (Å²) in [6.07, 6.45) is 0.630. The van der Waals surface area contributed by atoms with Gasteiger partial charge in [-0.25, -0.2) is 4.39 Å². The topological polar surface area (TPSA) is 47.7 Å². The Morgan fingerprint density at radius 2 is 2.11 bits per heavy atom. The van der Waals surface area contributed by atoms with Crippen LogP contribution in [0, 0.1) is 5.82 Å². The Balaban J connectivity index is 1.84. The maximum absolute atomic E-state index is 13.2. The second kappa shape index (κ2) is 7.43. The smallest absolute Gasteiger partial charge is 0.123 e. The lowest BCUT2D eigenvalue weighted by Crippen LogP contribution is -2.38. The van der Waals surface area contributed by atoms with Crippen molar-refractivity contribution in [3.63, 3.8) is 0 Å². The van der Waals surface area contributed by atoms with Gasteiger partial charge in [0.25, 0.3) is 0 Å². The number of halogens is 1. The number of nitrogens with zero attached hydrogens (tertiary/aromatic N) is 1. The van der Waals surface area contributed by atoms with Crippen molar-refractivity contribution < 1.29 is 13.9 Å². The van der Waals surface area contributed by atoms with Crippen LogP contribution < -0.4 is 10.5 Å². The summed E-state index contributed by atoms with van der Waals surface area (Å²) in [6, 6.07) is 4.60. The molecule has 0 bridgehead atoms. The van der Waals surface area contributed by atoms with E-state index >= 15 is 0 Å². The summed E-state index contributed by atoms with van der Waals surface area (Å²) in [7, 11) is 0. The molecule has 0 amide bonds. The van der Waals surface area contributed by atoms with E-state index in [1.807, 2.05) is 0 Å². The zero-order valence-corrected chi connectivity index (χ0v) is 11.1. The predicted octanol–water partition coefficient (Wildman–Crippen LogP) is 1.04. The summed E-state index contributed by atoms with van der Waals surface area (Å²) in [4.78, 5) is 2.30. The van der Waals surface area contributed by atoms with E-state index in [9.17, 15) is 4.39 Å². The van der Waals surface area contributed by atoms with Gasteiger partial charge in [-0.2, -0.15) is 0 Å². The van der Waals surface area contributed by atoms with Crippen molar-refractivity contribution in [1.82, 2.24) is 4.90 Å². The van der Waals surface area contributed by atoms with Gasteiger partial charge in [-0.3, -0.25) is 4.90 Å². The highest BCUT2D eigenvalue weighted by Gasteiger charge is 2.10. The van der Waals surface area contributed by atoms with Crippen LogP contribution in [-0.4, -0.2) is 50.9 Å². The van der Waals surface area contributed by atoms with E-state index in [0.29, 0.717) is 19.6 Å². The van der Waals surface area contributed by atoms with Crippen LogP contribution in [0.2, 0.25) is 0 Å². The molecule has 1 aliphatic heterocycles. The summed E-state index contributed by atoms with van der Waals surface area (Å²) >= 11 is 0. The van der Waals surface area contributed by atoms with E-state index in [2.05, 4.69) is 4.90 Å². The first-order valence-corrected chi connectivity index (χ1v) is 6.71.